The number of esters is 1. The second-order valence-corrected chi connectivity index (χ2v) is 21.2. The Morgan fingerprint density at radius 3 is 2.29 bits per heavy atom. The summed E-state index contributed by atoms with van der Waals surface area (Å²) in [5.74, 6) is -4.48. The average molecular weight is 968 g/mol. The number of carbonyl (C=O) groups is 4. The van der Waals surface area contributed by atoms with E-state index in [2.05, 4.69) is 38.2 Å². The second kappa shape index (κ2) is 22.1. The summed E-state index contributed by atoms with van der Waals surface area (Å²) in [6.45, 7) is 18.6. The van der Waals surface area contributed by atoms with Crippen LogP contribution in [0.15, 0.2) is 59.3 Å². The van der Waals surface area contributed by atoms with Crippen molar-refractivity contribution in [1.29, 1.82) is 0 Å². The number of amides is 1. The molecule has 1 spiro atoms. The van der Waals surface area contributed by atoms with Crippen molar-refractivity contribution >= 4 is 23.4 Å². The highest BCUT2D eigenvalue weighted by atomic mass is 16.7. The van der Waals surface area contributed by atoms with Crippen LogP contribution in [0.4, 0.5) is 0 Å². The highest BCUT2D eigenvalue weighted by molar-refractivity contribution is 5.82. The molecular formula is C53H77NO15. The number of Topliss-reactive ketones (excluding diaryl/α,β-unsaturated/α-hetero) is 2. The van der Waals surface area contributed by atoms with Gasteiger partial charge in [0, 0.05) is 50.5 Å². The maximum absolute atomic E-state index is 14.4. The first-order valence-electron chi connectivity index (χ1n) is 25.0. The summed E-state index contributed by atoms with van der Waals surface area (Å²) in [5, 5.41) is 26.7. The largest absolute Gasteiger partial charge is 0.462 e. The van der Waals surface area contributed by atoms with E-state index in [0.29, 0.717) is 29.9 Å². The maximum Gasteiger partial charge on any atom is 0.316 e. The van der Waals surface area contributed by atoms with Crippen LogP contribution in [0, 0.1) is 35.5 Å². The molecule has 2 bridgehead atoms. The van der Waals surface area contributed by atoms with Gasteiger partial charge in [-0.15, -0.1) is 0 Å². The van der Waals surface area contributed by atoms with Gasteiger partial charge in [0.25, 0.3) is 0 Å². The van der Waals surface area contributed by atoms with Gasteiger partial charge in [0.05, 0.1) is 55.2 Å². The number of hydrogen-bond donors (Lipinski definition) is 3. The Morgan fingerprint density at radius 2 is 1.59 bits per heavy atom. The third-order valence-corrected chi connectivity index (χ3v) is 15.3. The first kappa shape index (κ1) is 53.4. The lowest BCUT2D eigenvalue weighted by Gasteiger charge is -2.47. The molecule has 0 aromatic rings. The summed E-state index contributed by atoms with van der Waals surface area (Å²) in [5.41, 5.74) is -0.0517. The predicted molar refractivity (Wildman–Crippen MR) is 252 cm³/mol. The zero-order valence-electron chi connectivity index (χ0n) is 42.3. The summed E-state index contributed by atoms with van der Waals surface area (Å²) < 4.78 is 57.4. The molecule has 6 aliphatic heterocycles. The summed E-state index contributed by atoms with van der Waals surface area (Å²) >= 11 is 0. The molecule has 16 heteroatoms. The summed E-state index contributed by atoms with van der Waals surface area (Å²) in [4.78, 5) is 53.2. The van der Waals surface area contributed by atoms with E-state index in [9.17, 15) is 29.4 Å². The number of rotatable bonds is 11. The monoisotopic (exact) mass is 968 g/mol. The fraction of sp³-hybridized carbons (Fsp3) is 0.736. The Labute approximate surface area is 407 Å². The van der Waals surface area contributed by atoms with Crippen LogP contribution >= 0.6 is 0 Å². The van der Waals surface area contributed by atoms with Crippen LogP contribution in [0.1, 0.15) is 108 Å². The van der Waals surface area contributed by atoms with E-state index in [4.69, 9.17) is 42.6 Å². The molecule has 0 radical (unpaired) electrons. The Bertz CT molecular complexity index is 2050. The molecule has 0 saturated carbocycles. The molecule has 3 N–H and O–H groups in total. The molecule has 384 valence electrons. The van der Waals surface area contributed by atoms with Gasteiger partial charge < -0.3 is 58.2 Å². The van der Waals surface area contributed by atoms with Crippen LogP contribution in [-0.2, 0) is 61.8 Å². The van der Waals surface area contributed by atoms with Crippen LogP contribution in [0.25, 0.3) is 0 Å². The maximum atomic E-state index is 14.4. The zero-order valence-corrected chi connectivity index (χ0v) is 42.3. The lowest BCUT2D eigenvalue weighted by Crippen LogP contribution is -2.58. The van der Waals surface area contributed by atoms with Gasteiger partial charge in [-0.25, -0.2) is 0 Å². The molecule has 19 atom stereocenters. The number of hydrogen-bond acceptors (Lipinski definition) is 15. The van der Waals surface area contributed by atoms with Crippen LogP contribution in [0.5, 0.6) is 0 Å². The van der Waals surface area contributed by atoms with Gasteiger partial charge in [0.1, 0.15) is 48.0 Å². The third-order valence-electron chi connectivity index (χ3n) is 15.3. The number of ether oxygens (including phenoxy) is 9. The van der Waals surface area contributed by atoms with Gasteiger partial charge in [0.15, 0.2) is 18.4 Å². The normalized spacial score (nSPS) is 44.8. The van der Waals surface area contributed by atoms with Crippen molar-refractivity contribution in [2.24, 2.45) is 35.5 Å². The molecule has 1 amide bonds. The van der Waals surface area contributed by atoms with E-state index in [1.807, 2.05) is 39.0 Å². The Hall–Kier alpha value is -3.42. The number of allylic oxidation sites excluding steroid dienone is 2. The predicted octanol–water partition coefficient (Wildman–Crippen LogP) is 5.53. The molecule has 1 aliphatic carbocycles. The minimum atomic E-state index is -1.88. The van der Waals surface area contributed by atoms with E-state index in [1.54, 1.807) is 26.0 Å². The minimum Gasteiger partial charge on any atom is -0.462 e. The van der Waals surface area contributed by atoms with Crippen molar-refractivity contribution in [3.05, 3.63) is 59.3 Å². The van der Waals surface area contributed by atoms with Gasteiger partial charge in [0.2, 0.25) is 5.91 Å². The van der Waals surface area contributed by atoms with E-state index in [0.717, 1.165) is 12.0 Å². The molecule has 0 aromatic heterocycles. The lowest BCUT2D eigenvalue weighted by atomic mass is 9.71. The van der Waals surface area contributed by atoms with Crippen molar-refractivity contribution in [3.63, 3.8) is 0 Å². The molecule has 7 aliphatic rings. The highest BCUT2D eigenvalue weighted by Crippen LogP contribution is 2.47. The highest BCUT2D eigenvalue weighted by Gasteiger charge is 2.60. The van der Waals surface area contributed by atoms with Gasteiger partial charge >= 0.3 is 5.97 Å². The van der Waals surface area contributed by atoms with Crippen LogP contribution < -0.4 is 5.32 Å². The molecule has 4 fully saturated rings. The summed E-state index contributed by atoms with van der Waals surface area (Å²) in [6, 6.07) is -0.580. The van der Waals surface area contributed by atoms with Crippen molar-refractivity contribution in [2.45, 2.75) is 193 Å². The van der Waals surface area contributed by atoms with Gasteiger partial charge in [-0.1, -0.05) is 64.2 Å². The SMILES string of the molecule is COCC(=O)NC1C(C)OC(OC2C(C)OC(OC3/C(C)=C/CC4CC(CC5(C=CC(C)C(CC(C)C)O5)O4)OC(=O)C4C=C(C)C(O)C5OC/C(=C\C=C\C3C)C45O)CC2C(C)=O)CC1C(C)=O. The molecule has 0 aromatic carbocycles. The van der Waals surface area contributed by atoms with Crippen LogP contribution in [0.3, 0.4) is 0 Å². The fourth-order valence-corrected chi connectivity index (χ4v) is 11.5. The van der Waals surface area contributed by atoms with Crippen molar-refractivity contribution in [3.8, 4) is 0 Å². The number of aliphatic hydroxyl groups excluding tert-OH is 1. The van der Waals surface area contributed by atoms with E-state index >= 15 is 0 Å². The molecule has 19 unspecified atom stereocenters. The molecule has 16 nitrogen and oxygen atoms in total. The van der Waals surface area contributed by atoms with Crippen molar-refractivity contribution in [1.82, 2.24) is 5.32 Å². The van der Waals surface area contributed by atoms with Gasteiger partial charge in [-0.3, -0.25) is 19.2 Å². The number of nitrogens with one attached hydrogen (secondary N) is 1. The van der Waals surface area contributed by atoms with E-state index < -0.39 is 103 Å². The number of fused-ring (bicyclic) bond motifs is 2. The standard InChI is InChI=1S/C53H77NO15/c1-27(2)19-42-28(3)17-18-52(69-42)24-38-21-37(68-52)16-15-30(5)48(29(4)13-12-14-36-25-62-50-47(58)31(6)20-41(51(59)65-38)53(36,50)60)66-45-23-40(33(8)56)49(35(10)64-45)67-44-22-39(32(7)55)46(34(9)63-44)54-43(57)26-61-11/h12-15,17-18,20,27-29,34-35,37-42,44-50,58,60H,16,19,21-26H2,1-11H3,(H,54,57)/b13-12+,30-15+,36-14+. The second-order valence-electron chi connectivity index (χ2n) is 21.2. The molecule has 7 rings (SSSR count). The Balaban J connectivity index is 1.16. The quantitative estimate of drug-likeness (QED) is 0.172. The summed E-state index contributed by atoms with van der Waals surface area (Å²) in [6.07, 6.45) is 7.96. The van der Waals surface area contributed by atoms with Crippen molar-refractivity contribution < 1.29 is 72.0 Å². The van der Waals surface area contributed by atoms with Gasteiger partial charge in [-0.05, 0) is 83.1 Å². The molecular weight excluding hydrogens is 891 g/mol. The van der Waals surface area contributed by atoms with E-state index in [-0.39, 0.29) is 67.9 Å². The number of methoxy groups -OCH3 is 1. The van der Waals surface area contributed by atoms with E-state index in [1.165, 1.54) is 21.0 Å². The van der Waals surface area contributed by atoms with Gasteiger partial charge in [-0.2, -0.15) is 0 Å². The smallest absolute Gasteiger partial charge is 0.316 e. The molecule has 4 saturated heterocycles. The minimum absolute atomic E-state index is 0.00750. The Morgan fingerprint density at radius 1 is 0.899 bits per heavy atom. The first-order chi connectivity index (χ1) is 32.6. The first-order valence-corrected chi connectivity index (χ1v) is 25.0. The molecule has 69 heavy (non-hydrogen) atoms. The summed E-state index contributed by atoms with van der Waals surface area (Å²) in [7, 11) is 1.42. The number of carbonyl (C=O) groups excluding carboxylic acids is 4. The lowest BCUT2D eigenvalue weighted by molar-refractivity contribution is -0.296. The number of ketones is 2. The molecule has 6 heterocycles. The van der Waals surface area contributed by atoms with Crippen molar-refractivity contribution in [2.75, 3.05) is 20.3 Å². The topological polar surface area (TPSA) is 204 Å². The van der Waals surface area contributed by atoms with Crippen LogP contribution in [-0.4, -0.2) is 139 Å². The zero-order chi connectivity index (χ0) is 50.1. The third kappa shape index (κ3) is 11.8. The van der Waals surface area contributed by atoms with Crippen LogP contribution in [0.2, 0.25) is 0 Å². The average Bonchev–Trinajstić information content (AvgIpc) is 3.61. The number of aliphatic hydroxyl groups is 2. The Kier molecular flexibility index (Phi) is 17.1. The fourth-order valence-electron chi connectivity index (χ4n) is 11.5.